The van der Waals surface area contributed by atoms with Crippen LogP contribution < -0.4 is 5.43 Å². The van der Waals surface area contributed by atoms with E-state index in [4.69, 9.17) is 0 Å². The summed E-state index contributed by atoms with van der Waals surface area (Å²) in [6.45, 7) is 1.55. The van der Waals surface area contributed by atoms with Gasteiger partial charge in [-0.1, -0.05) is 0 Å². The van der Waals surface area contributed by atoms with Crippen LogP contribution in [-0.2, 0) is 11.2 Å². The molecule has 1 amide bonds. The molecule has 2 aromatic carbocycles. The average molecular weight is 387 g/mol. The number of carbonyl (C=O) groups excluding carboxylic acids is 1. The number of carbonyl (C=O) groups is 1. The summed E-state index contributed by atoms with van der Waals surface area (Å²) in [5, 5.41) is 16.1. The third-order valence-electron chi connectivity index (χ3n) is 3.68. The summed E-state index contributed by atoms with van der Waals surface area (Å²) >= 11 is 1.35. The fourth-order valence-electron chi connectivity index (χ4n) is 2.32. The Morgan fingerprint density at radius 2 is 1.89 bits per heavy atom. The second-order valence-electron chi connectivity index (χ2n) is 5.72. The van der Waals surface area contributed by atoms with Crippen molar-refractivity contribution >= 4 is 23.0 Å². The van der Waals surface area contributed by atoms with Gasteiger partial charge in [0.2, 0.25) is 5.91 Å². The van der Waals surface area contributed by atoms with Crippen LogP contribution in [0.5, 0.6) is 5.75 Å². The summed E-state index contributed by atoms with van der Waals surface area (Å²) < 4.78 is 26.3. The molecule has 0 atom stereocenters. The van der Waals surface area contributed by atoms with Gasteiger partial charge in [0, 0.05) is 16.5 Å². The Morgan fingerprint density at radius 3 is 2.63 bits per heavy atom. The summed E-state index contributed by atoms with van der Waals surface area (Å²) in [7, 11) is 0. The highest BCUT2D eigenvalue weighted by Gasteiger charge is 2.10. The van der Waals surface area contributed by atoms with Gasteiger partial charge >= 0.3 is 0 Å². The minimum Gasteiger partial charge on any atom is -0.507 e. The maximum Gasteiger partial charge on any atom is 0.246 e. The molecule has 0 fully saturated rings. The molecule has 5 nitrogen and oxygen atoms in total. The highest BCUT2D eigenvalue weighted by Crippen LogP contribution is 2.24. The lowest BCUT2D eigenvalue weighted by molar-refractivity contribution is -0.120. The number of phenolic OH excluding ortho intramolecular Hbond substituents is 1. The lowest BCUT2D eigenvalue weighted by Crippen LogP contribution is -2.21. The van der Waals surface area contributed by atoms with E-state index in [1.54, 1.807) is 24.4 Å². The standard InChI is InChI=1S/C19H15F2N3O2S/c1-11(16-8-14(21)6-7-17(16)25)23-24-18(26)9-15-10-27-19(22-15)12-2-4-13(20)5-3-12/h2-8,10,25H,9H2,1H3,(H,24,26)/b23-11+. The van der Waals surface area contributed by atoms with Crippen molar-refractivity contribution in [1.82, 2.24) is 10.4 Å². The van der Waals surface area contributed by atoms with Crippen molar-refractivity contribution in [2.24, 2.45) is 5.10 Å². The van der Waals surface area contributed by atoms with Gasteiger partial charge in [-0.05, 0) is 49.4 Å². The third kappa shape index (κ3) is 4.73. The molecule has 3 aromatic rings. The normalized spacial score (nSPS) is 11.4. The molecule has 0 bridgehead atoms. The summed E-state index contributed by atoms with van der Waals surface area (Å²) in [5.41, 5.74) is 4.15. The molecule has 0 aliphatic heterocycles. The molecular formula is C19H15F2N3O2S. The van der Waals surface area contributed by atoms with Gasteiger partial charge in [-0.15, -0.1) is 11.3 Å². The first-order valence-electron chi connectivity index (χ1n) is 7.95. The van der Waals surface area contributed by atoms with Crippen molar-refractivity contribution in [3.8, 4) is 16.3 Å². The smallest absolute Gasteiger partial charge is 0.246 e. The Balaban J connectivity index is 1.64. The Morgan fingerprint density at radius 1 is 1.19 bits per heavy atom. The maximum absolute atomic E-state index is 13.3. The zero-order valence-corrected chi connectivity index (χ0v) is 15.1. The van der Waals surface area contributed by atoms with Crippen LogP contribution in [0.15, 0.2) is 52.9 Å². The molecule has 138 valence electrons. The van der Waals surface area contributed by atoms with E-state index in [-0.39, 0.29) is 29.3 Å². The van der Waals surface area contributed by atoms with E-state index >= 15 is 0 Å². The van der Waals surface area contributed by atoms with Crippen molar-refractivity contribution in [3.63, 3.8) is 0 Å². The van der Waals surface area contributed by atoms with Gasteiger partial charge in [-0.25, -0.2) is 19.2 Å². The Labute approximate surface area is 158 Å². The first-order valence-corrected chi connectivity index (χ1v) is 8.82. The number of halogens is 2. The number of aromatic hydroxyl groups is 1. The number of hydrogen-bond acceptors (Lipinski definition) is 5. The number of benzene rings is 2. The van der Waals surface area contributed by atoms with Crippen LogP contribution in [0.1, 0.15) is 18.2 Å². The van der Waals surface area contributed by atoms with E-state index in [2.05, 4.69) is 15.5 Å². The number of amides is 1. The zero-order valence-electron chi connectivity index (χ0n) is 14.2. The van der Waals surface area contributed by atoms with Crippen LogP contribution in [0, 0.1) is 11.6 Å². The summed E-state index contributed by atoms with van der Waals surface area (Å²) in [6.07, 6.45) is 0.00358. The number of aromatic nitrogens is 1. The second kappa shape index (κ2) is 8.05. The van der Waals surface area contributed by atoms with Crippen molar-refractivity contribution in [2.45, 2.75) is 13.3 Å². The summed E-state index contributed by atoms with van der Waals surface area (Å²) in [6, 6.07) is 9.43. The molecule has 3 rings (SSSR count). The van der Waals surface area contributed by atoms with E-state index in [1.165, 1.54) is 29.5 Å². The summed E-state index contributed by atoms with van der Waals surface area (Å²) in [5.74, 6) is -1.37. The first-order chi connectivity index (χ1) is 12.9. The Kier molecular flexibility index (Phi) is 5.56. The Bertz CT molecular complexity index is 1000. The second-order valence-corrected chi connectivity index (χ2v) is 6.58. The van der Waals surface area contributed by atoms with Crippen LogP contribution >= 0.6 is 11.3 Å². The molecule has 8 heteroatoms. The fraction of sp³-hybridized carbons (Fsp3) is 0.105. The van der Waals surface area contributed by atoms with Crippen LogP contribution in [0.2, 0.25) is 0 Å². The minimum absolute atomic E-state index is 0.00358. The molecule has 0 aliphatic rings. The topological polar surface area (TPSA) is 74.6 Å². The average Bonchev–Trinajstić information content (AvgIpc) is 3.10. The molecule has 27 heavy (non-hydrogen) atoms. The molecule has 0 unspecified atom stereocenters. The number of thiazole rings is 1. The van der Waals surface area contributed by atoms with Crippen LogP contribution in [-0.4, -0.2) is 21.7 Å². The van der Waals surface area contributed by atoms with E-state index in [0.717, 1.165) is 17.7 Å². The minimum atomic E-state index is -0.514. The van der Waals surface area contributed by atoms with E-state index in [1.807, 2.05) is 0 Å². The molecular weight excluding hydrogens is 372 g/mol. The lowest BCUT2D eigenvalue weighted by atomic mass is 10.1. The molecule has 0 saturated heterocycles. The highest BCUT2D eigenvalue weighted by atomic mass is 32.1. The predicted octanol–water partition coefficient (Wildman–Crippen LogP) is 3.88. The number of nitrogens with one attached hydrogen (secondary N) is 1. The van der Waals surface area contributed by atoms with Gasteiger partial charge in [0.05, 0.1) is 17.8 Å². The van der Waals surface area contributed by atoms with Gasteiger partial charge < -0.3 is 5.11 Å². The SMILES string of the molecule is C/C(=N\NC(=O)Cc1csc(-c2ccc(F)cc2)n1)c1cc(F)ccc1O. The van der Waals surface area contributed by atoms with Crippen molar-refractivity contribution in [2.75, 3.05) is 0 Å². The maximum atomic E-state index is 13.3. The number of hydrazone groups is 1. The van der Waals surface area contributed by atoms with E-state index in [0.29, 0.717) is 10.7 Å². The molecule has 0 aliphatic carbocycles. The molecule has 2 N–H and O–H groups in total. The number of phenols is 1. The van der Waals surface area contributed by atoms with Gasteiger partial charge in [0.1, 0.15) is 22.4 Å². The fourth-order valence-corrected chi connectivity index (χ4v) is 3.15. The molecule has 1 aromatic heterocycles. The van der Waals surface area contributed by atoms with E-state index in [9.17, 15) is 18.7 Å². The molecule has 0 saturated carbocycles. The van der Waals surface area contributed by atoms with Gasteiger partial charge in [0.25, 0.3) is 0 Å². The molecule has 0 spiro atoms. The first kappa shape index (κ1) is 18.7. The predicted molar refractivity (Wildman–Crippen MR) is 99.6 cm³/mol. The van der Waals surface area contributed by atoms with Gasteiger partial charge in [-0.3, -0.25) is 4.79 Å². The van der Waals surface area contributed by atoms with Crippen LogP contribution in [0.4, 0.5) is 8.78 Å². The zero-order chi connectivity index (χ0) is 19.4. The number of rotatable bonds is 5. The largest absolute Gasteiger partial charge is 0.507 e. The van der Waals surface area contributed by atoms with E-state index < -0.39 is 11.7 Å². The molecule has 0 radical (unpaired) electrons. The van der Waals surface area contributed by atoms with Crippen LogP contribution in [0.25, 0.3) is 10.6 Å². The third-order valence-corrected chi connectivity index (χ3v) is 4.62. The van der Waals surface area contributed by atoms with Crippen molar-refractivity contribution in [3.05, 3.63) is 70.7 Å². The Hall–Kier alpha value is -3.13. The number of hydrogen-bond donors (Lipinski definition) is 2. The monoisotopic (exact) mass is 387 g/mol. The van der Waals surface area contributed by atoms with Crippen molar-refractivity contribution in [1.29, 1.82) is 0 Å². The van der Waals surface area contributed by atoms with Gasteiger partial charge in [-0.2, -0.15) is 5.10 Å². The van der Waals surface area contributed by atoms with Crippen molar-refractivity contribution < 1.29 is 18.7 Å². The van der Waals surface area contributed by atoms with Crippen LogP contribution in [0.3, 0.4) is 0 Å². The lowest BCUT2D eigenvalue weighted by Gasteiger charge is -2.05. The molecule has 1 heterocycles. The summed E-state index contributed by atoms with van der Waals surface area (Å²) in [4.78, 5) is 16.4. The quantitative estimate of drug-likeness (QED) is 0.515. The number of nitrogens with zero attached hydrogens (tertiary/aromatic N) is 2. The van der Waals surface area contributed by atoms with Gasteiger partial charge in [0.15, 0.2) is 0 Å². The highest BCUT2D eigenvalue weighted by molar-refractivity contribution is 7.13.